The highest BCUT2D eigenvalue weighted by Gasteiger charge is 2.72. The van der Waals surface area contributed by atoms with Crippen LogP contribution in [0.5, 0.6) is 0 Å². The van der Waals surface area contributed by atoms with Crippen molar-refractivity contribution in [3.63, 3.8) is 0 Å². The number of rotatable bonds is 1. The molecule has 1 spiro atoms. The van der Waals surface area contributed by atoms with Gasteiger partial charge in [0.05, 0.1) is 11.8 Å². The number of fused-ring (bicyclic) bond motifs is 2. The third kappa shape index (κ3) is 1.96. The summed E-state index contributed by atoms with van der Waals surface area (Å²) in [5.74, 6) is 0.181. The van der Waals surface area contributed by atoms with Gasteiger partial charge in [-0.15, -0.1) is 0 Å². The molecule has 5 aliphatic rings. The summed E-state index contributed by atoms with van der Waals surface area (Å²) in [5, 5.41) is 4.10. The van der Waals surface area contributed by atoms with Gasteiger partial charge in [-0.25, -0.2) is 12.7 Å². The molecule has 2 bridgehead atoms. The first kappa shape index (κ1) is 17.0. The Balaban J connectivity index is 1.49. The van der Waals surface area contributed by atoms with Crippen molar-refractivity contribution in [2.45, 2.75) is 77.4 Å². The maximum absolute atomic E-state index is 13.4. The van der Waals surface area contributed by atoms with E-state index in [-0.39, 0.29) is 34.6 Å². The fourth-order valence-corrected chi connectivity index (χ4v) is 9.29. The van der Waals surface area contributed by atoms with E-state index in [1.165, 1.54) is 4.31 Å². The number of carbonyl (C=O) groups is 1. The molecular formula is C19H28N2O4S. The minimum absolute atomic E-state index is 0.0292. The first-order valence-electron chi connectivity index (χ1n) is 10.1. The average molecular weight is 381 g/mol. The van der Waals surface area contributed by atoms with Crippen molar-refractivity contribution >= 4 is 21.6 Å². The van der Waals surface area contributed by atoms with Crippen LogP contribution in [-0.2, 0) is 19.7 Å². The van der Waals surface area contributed by atoms with Gasteiger partial charge in [0.15, 0.2) is 5.71 Å². The van der Waals surface area contributed by atoms with Crippen LogP contribution in [0.1, 0.15) is 65.2 Å². The summed E-state index contributed by atoms with van der Waals surface area (Å²) in [5.41, 5.74) is 0.0475. The van der Waals surface area contributed by atoms with Crippen molar-refractivity contribution in [2.24, 2.45) is 27.8 Å². The van der Waals surface area contributed by atoms with Gasteiger partial charge in [-0.2, -0.15) is 0 Å². The zero-order valence-corrected chi connectivity index (χ0v) is 16.4. The van der Waals surface area contributed by atoms with Crippen LogP contribution >= 0.6 is 0 Å². The Kier molecular flexibility index (Phi) is 3.43. The lowest BCUT2D eigenvalue weighted by Crippen LogP contribution is -2.48. The van der Waals surface area contributed by atoms with Gasteiger partial charge in [-0.1, -0.05) is 31.8 Å². The molecule has 0 aromatic rings. The van der Waals surface area contributed by atoms with Crippen molar-refractivity contribution in [2.75, 3.05) is 5.75 Å². The Hall–Kier alpha value is -1.11. The summed E-state index contributed by atoms with van der Waals surface area (Å²) in [6, 6.07) is -0.193. The number of hydrogen-bond acceptors (Lipinski definition) is 5. The van der Waals surface area contributed by atoms with E-state index in [1.807, 2.05) is 0 Å². The molecule has 0 unspecified atom stereocenters. The topological polar surface area (TPSA) is 76.0 Å². The van der Waals surface area contributed by atoms with Crippen molar-refractivity contribution in [3.05, 3.63) is 0 Å². The normalized spacial score (nSPS) is 44.8. The summed E-state index contributed by atoms with van der Waals surface area (Å²) in [6.07, 6.45) is 7.79. The third-order valence-electron chi connectivity index (χ3n) is 8.42. The maximum Gasteiger partial charge on any atom is 0.285 e. The molecule has 144 valence electrons. The molecule has 1 amide bonds. The quantitative estimate of drug-likeness (QED) is 0.701. The Morgan fingerprint density at radius 2 is 1.96 bits per heavy atom. The second kappa shape index (κ2) is 5.24. The summed E-state index contributed by atoms with van der Waals surface area (Å²) >= 11 is 0. The highest BCUT2D eigenvalue weighted by atomic mass is 32.2. The first-order valence-corrected chi connectivity index (χ1v) is 11.7. The van der Waals surface area contributed by atoms with E-state index < -0.39 is 15.9 Å². The Morgan fingerprint density at radius 3 is 2.73 bits per heavy atom. The van der Waals surface area contributed by atoms with E-state index in [4.69, 9.17) is 4.84 Å². The molecule has 0 N–H and O–H groups in total. The van der Waals surface area contributed by atoms with Crippen LogP contribution < -0.4 is 0 Å². The lowest BCUT2D eigenvalue weighted by Gasteiger charge is -2.37. The van der Waals surface area contributed by atoms with Crippen LogP contribution in [0.15, 0.2) is 5.16 Å². The molecule has 0 aromatic carbocycles. The van der Waals surface area contributed by atoms with E-state index in [1.54, 1.807) is 0 Å². The highest BCUT2D eigenvalue weighted by Crippen LogP contribution is 2.70. The smallest absolute Gasteiger partial charge is 0.285 e. The van der Waals surface area contributed by atoms with Crippen molar-refractivity contribution < 1.29 is 18.0 Å². The van der Waals surface area contributed by atoms with Crippen LogP contribution in [0.3, 0.4) is 0 Å². The number of amides is 1. The van der Waals surface area contributed by atoms with Crippen LogP contribution in [0.2, 0.25) is 0 Å². The molecule has 7 heteroatoms. The van der Waals surface area contributed by atoms with E-state index in [0.29, 0.717) is 11.6 Å². The Labute approximate surface area is 155 Å². The predicted molar refractivity (Wildman–Crippen MR) is 96.9 cm³/mol. The van der Waals surface area contributed by atoms with Gasteiger partial charge in [0.1, 0.15) is 6.10 Å². The molecule has 0 aromatic heterocycles. The number of hydrogen-bond donors (Lipinski definition) is 0. The lowest BCUT2D eigenvalue weighted by atomic mass is 9.69. The second-order valence-electron chi connectivity index (χ2n) is 9.59. The van der Waals surface area contributed by atoms with Crippen molar-refractivity contribution in [3.8, 4) is 0 Å². The molecule has 3 saturated carbocycles. The monoisotopic (exact) mass is 380 g/mol. The fraction of sp³-hybridized carbons (Fsp3) is 0.895. The van der Waals surface area contributed by atoms with Crippen LogP contribution in [0, 0.1) is 22.7 Å². The molecule has 4 fully saturated rings. The van der Waals surface area contributed by atoms with E-state index in [2.05, 4.69) is 19.0 Å². The van der Waals surface area contributed by atoms with Gasteiger partial charge in [-0.05, 0) is 49.9 Å². The largest absolute Gasteiger partial charge is 0.391 e. The molecule has 5 rings (SSSR count). The lowest BCUT2D eigenvalue weighted by molar-refractivity contribution is -0.122. The molecule has 2 aliphatic heterocycles. The van der Waals surface area contributed by atoms with Gasteiger partial charge >= 0.3 is 0 Å². The van der Waals surface area contributed by atoms with Crippen molar-refractivity contribution in [1.29, 1.82) is 0 Å². The molecule has 26 heavy (non-hydrogen) atoms. The minimum Gasteiger partial charge on any atom is -0.391 e. The molecule has 2 heterocycles. The number of oxime groups is 1. The first-order chi connectivity index (χ1) is 12.3. The SMILES string of the molecule is CC1(C)[C@@H]2CC[C@]13CS(=O)(=O)N(C(=O)C1=NO[C@@H]4CCCCC[C@H]14)[C@@H]3C2. The summed E-state index contributed by atoms with van der Waals surface area (Å²) in [7, 11) is -3.60. The highest BCUT2D eigenvalue weighted by molar-refractivity contribution is 7.90. The van der Waals surface area contributed by atoms with Gasteiger partial charge in [0.25, 0.3) is 5.91 Å². The molecule has 0 radical (unpaired) electrons. The number of sulfonamides is 1. The third-order valence-corrected chi connectivity index (χ3v) is 10.3. The average Bonchev–Trinajstić information content (AvgIpc) is 3.14. The van der Waals surface area contributed by atoms with Crippen LogP contribution in [-0.4, -0.2) is 42.2 Å². The number of nitrogens with zero attached hydrogens (tertiary/aromatic N) is 2. The van der Waals surface area contributed by atoms with Gasteiger partial charge in [0.2, 0.25) is 10.0 Å². The summed E-state index contributed by atoms with van der Waals surface area (Å²) in [4.78, 5) is 18.9. The van der Waals surface area contributed by atoms with Crippen molar-refractivity contribution in [1.82, 2.24) is 4.31 Å². The molecule has 6 nitrogen and oxygen atoms in total. The standard InChI is InChI=1S/C19H28N2O4S/c1-18(2)12-8-9-19(18)11-26(23,24)21(15(19)10-12)17(22)16-13-6-4-3-5-7-14(13)25-20-16/h12-15H,3-11H2,1-2H3/t12-,13+,14-,15-,19-/m1/s1. The predicted octanol–water partition coefficient (Wildman–Crippen LogP) is 2.69. The molecule has 1 saturated heterocycles. The van der Waals surface area contributed by atoms with E-state index in [9.17, 15) is 13.2 Å². The number of carbonyl (C=O) groups excluding carboxylic acids is 1. The zero-order chi connectivity index (χ0) is 18.3. The zero-order valence-electron chi connectivity index (χ0n) is 15.6. The van der Waals surface area contributed by atoms with E-state index >= 15 is 0 Å². The maximum atomic E-state index is 13.4. The Bertz CT molecular complexity index is 789. The summed E-state index contributed by atoms with van der Waals surface area (Å²) in [6.45, 7) is 4.40. The molecule has 3 aliphatic carbocycles. The minimum atomic E-state index is -3.60. The van der Waals surface area contributed by atoms with Crippen LogP contribution in [0.25, 0.3) is 0 Å². The van der Waals surface area contributed by atoms with Crippen LogP contribution in [0.4, 0.5) is 0 Å². The van der Waals surface area contributed by atoms with E-state index in [0.717, 1.165) is 51.4 Å². The fourth-order valence-electron chi connectivity index (χ4n) is 6.77. The summed E-state index contributed by atoms with van der Waals surface area (Å²) < 4.78 is 27.4. The van der Waals surface area contributed by atoms with Gasteiger partial charge in [0, 0.05) is 11.3 Å². The van der Waals surface area contributed by atoms with Gasteiger partial charge < -0.3 is 4.84 Å². The molecule has 5 atom stereocenters. The Morgan fingerprint density at radius 1 is 1.19 bits per heavy atom. The van der Waals surface area contributed by atoms with Gasteiger partial charge in [-0.3, -0.25) is 4.79 Å². The second-order valence-corrected chi connectivity index (χ2v) is 11.4. The molecular weight excluding hydrogens is 352 g/mol.